The zero-order valence-electron chi connectivity index (χ0n) is 11.8. The average molecular weight is 258 g/mol. The van der Waals surface area contributed by atoms with Crippen molar-refractivity contribution >= 4 is 11.9 Å². The van der Waals surface area contributed by atoms with Gasteiger partial charge in [0.15, 0.2) is 0 Å². The van der Waals surface area contributed by atoms with Gasteiger partial charge < -0.3 is 10.0 Å². The molecule has 18 heavy (non-hydrogen) atoms. The molecular weight excluding hydrogens is 232 g/mol. The van der Waals surface area contributed by atoms with Crippen molar-refractivity contribution < 1.29 is 14.7 Å². The van der Waals surface area contributed by atoms with Gasteiger partial charge in [-0.05, 0) is 39.8 Å². The van der Waals surface area contributed by atoms with Crippen molar-refractivity contribution in [1.29, 1.82) is 0 Å². The van der Waals surface area contributed by atoms with Crippen LogP contribution in [0.25, 0.3) is 0 Å². The van der Waals surface area contributed by atoms with Gasteiger partial charge in [0.1, 0.15) is 0 Å². The molecule has 0 heterocycles. The van der Waals surface area contributed by atoms with E-state index in [1.165, 1.54) is 0 Å². The topological polar surface area (TPSA) is 60.9 Å². The Balaban J connectivity index is 3.97. The fraction of sp³-hybridized carbons (Fsp3) is 0.846. The highest BCUT2D eigenvalue weighted by molar-refractivity contribution is 5.76. The number of carboxylic acids is 1. The maximum atomic E-state index is 11.8. The summed E-state index contributed by atoms with van der Waals surface area (Å²) >= 11 is 0. The Kier molecular flexibility index (Phi) is 9.28. The molecule has 5 heteroatoms. The van der Waals surface area contributed by atoms with Gasteiger partial charge in [0.05, 0.1) is 6.54 Å². The molecular formula is C13H26N2O3. The van der Waals surface area contributed by atoms with Crippen LogP contribution in [0.1, 0.15) is 40.0 Å². The molecule has 0 bridgehead atoms. The highest BCUT2D eigenvalue weighted by Gasteiger charge is 2.12. The maximum Gasteiger partial charge on any atom is 0.317 e. The van der Waals surface area contributed by atoms with Crippen LogP contribution >= 0.6 is 0 Å². The molecule has 0 saturated carbocycles. The van der Waals surface area contributed by atoms with E-state index in [-0.39, 0.29) is 12.5 Å². The number of carbonyl (C=O) groups is 2. The third-order valence-electron chi connectivity index (χ3n) is 2.88. The Bertz CT molecular complexity index is 253. The summed E-state index contributed by atoms with van der Waals surface area (Å²) in [5.41, 5.74) is 0. The summed E-state index contributed by atoms with van der Waals surface area (Å²) in [5.74, 6) is -0.648. The lowest BCUT2D eigenvalue weighted by Crippen LogP contribution is -2.33. The van der Waals surface area contributed by atoms with Crippen molar-refractivity contribution in [2.45, 2.75) is 40.0 Å². The van der Waals surface area contributed by atoms with Crippen molar-refractivity contribution in [1.82, 2.24) is 9.80 Å². The van der Waals surface area contributed by atoms with Gasteiger partial charge in [0, 0.05) is 19.5 Å². The lowest BCUT2D eigenvalue weighted by Gasteiger charge is -2.21. The number of rotatable bonds is 10. The van der Waals surface area contributed by atoms with Gasteiger partial charge in [-0.3, -0.25) is 14.5 Å². The Morgan fingerprint density at radius 3 is 2.11 bits per heavy atom. The van der Waals surface area contributed by atoms with E-state index in [0.717, 1.165) is 32.5 Å². The molecule has 1 N–H and O–H groups in total. The Labute approximate surface area is 110 Å². The van der Waals surface area contributed by atoms with Gasteiger partial charge in [-0.2, -0.15) is 0 Å². The van der Waals surface area contributed by atoms with Gasteiger partial charge in [-0.1, -0.05) is 6.92 Å². The zero-order valence-corrected chi connectivity index (χ0v) is 11.8. The molecule has 0 aliphatic heterocycles. The van der Waals surface area contributed by atoms with E-state index in [2.05, 4.69) is 0 Å². The van der Waals surface area contributed by atoms with Crippen molar-refractivity contribution in [2.24, 2.45) is 0 Å². The molecule has 0 saturated heterocycles. The predicted octanol–water partition coefficient (Wildman–Crippen LogP) is 1.43. The molecule has 0 atom stereocenters. The van der Waals surface area contributed by atoms with Crippen molar-refractivity contribution in [3.8, 4) is 0 Å². The van der Waals surface area contributed by atoms with Crippen LogP contribution in [0.2, 0.25) is 0 Å². The van der Waals surface area contributed by atoms with Crippen LogP contribution < -0.4 is 0 Å². The number of amides is 1. The normalized spacial score (nSPS) is 10.7. The van der Waals surface area contributed by atoms with E-state index < -0.39 is 5.97 Å². The summed E-state index contributed by atoms with van der Waals surface area (Å²) in [4.78, 5) is 26.1. The molecule has 0 aliphatic carbocycles. The molecule has 0 aromatic rings. The van der Waals surface area contributed by atoms with Gasteiger partial charge in [-0.25, -0.2) is 0 Å². The molecule has 0 fully saturated rings. The maximum absolute atomic E-state index is 11.8. The first kappa shape index (κ1) is 16.9. The van der Waals surface area contributed by atoms with Crippen LogP contribution in [-0.2, 0) is 9.59 Å². The van der Waals surface area contributed by atoms with Gasteiger partial charge in [-0.15, -0.1) is 0 Å². The minimum Gasteiger partial charge on any atom is -0.480 e. The number of carboxylic acid groups (broad SMARTS) is 1. The van der Waals surface area contributed by atoms with E-state index in [1.807, 2.05) is 25.7 Å². The van der Waals surface area contributed by atoms with Crippen LogP contribution in [-0.4, -0.2) is 59.5 Å². The largest absolute Gasteiger partial charge is 0.480 e. The van der Waals surface area contributed by atoms with Crippen LogP contribution in [0.4, 0.5) is 0 Å². The third-order valence-corrected chi connectivity index (χ3v) is 2.88. The van der Waals surface area contributed by atoms with E-state index >= 15 is 0 Å². The summed E-state index contributed by atoms with van der Waals surface area (Å²) in [6.45, 7) is 8.94. The highest BCUT2D eigenvalue weighted by atomic mass is 16.4. The third kappa shape index (κ3) is 7.27. The molecule has 0 rings (SSSR count). The van der Waals surface area contributed by atoms with Gasteiger partial charge >= 0.3 is 5.97 Å². The first-order valence-corrected chi connectivity index (χ1v) is 6.77. The van der Waals surface area contributed by atoms with Crippen molar-refractivity contribution in [3.63, 3.8) is 0 Å². The summed E-state index contributed by atoms with van der Waals surface area (Å²) in [7, 11) is 0. The van der Waals surface area contributed by atoms with E-state index in [1.54, 1.807) is 4.90 Å². The van der Waals surface area contributed by atoms with Crippen LogP contribution in [0, 0.1) is 0 Å². The average Bonchev–Trinajstić information content (AvgIpc) is 2.30. The number of hydrogen-bond acceptors (Lipinski definition) is 3. The van der Waals surface area contributed by atoms with E-state index in [9.17, 15) is 9.59 Å². The zero-order chi connectivity index (χ0) is 14.0. The number of carbonyl (C=O) groups excluding carboxylic acids is 1. The van der Waals surface area contributed by atoms with Crippen LogP contribution in [0.3, 0.4) is 0 Å². The van der Waals surface area contributed by atoms with Crippen LogP contribution in [0.5, 0.6) is 0 Å². The molecule has 5 nitrogen and oxygen atoms in total. The predicted molar refractivity (Wildman–Crippen MR) is 71.5 cm³/mol. The second-order valence-corrected chi connectivity index (χ2v) is 4.34. The molecule has 106 valence electrons. The molecule has 0 aromatic carbocycles. The summed E-state index contributed by atoms with van der Waals surface area (Å²) in [6, 6.07) is 0. The first-order chi connectivity index (χ1) is 8.54. The highest BCUT2D eigenvalue weighted by Crippen LogP contribution is 2.01. The second kappa shape index (κ2) is 9.88. The molecule has 0 aromatic heterocycles. The SMILES string of the molecule is CCCN(CCCC(=O)N(CC)CC)CC(=O)O. The quantitative estimate of drug-likeness (QED) is 0.644. The molecule has 0 aliphatic rings. The van der Waals surface area contributed by atoms with Crippen LogP contribution in [0.15, 0.2) is 0 Å². The fourth-order valence-electron chi connectivity index (χ4n) is 1.97. The smallest absolute Gasteiger partial charge is 0.317 e. The number of aliphatic carboxylic acids is 1. The Hall–Kier alpha value is -1.10. The lowest BCUT2D eigenvalue weighted by molar-refractivity contribution is -0.138. The standard InChI is InChI=1S/C13H26N2O3/c1-4-9-14(11-13(17)18)10-7-8-12(16)15(5-2)6-3/h4-11H2,1-3H3,(H,17,18). The summed E-state index contributed by atoms with van der Waals surface area (Å²) in [5, 5.41) is 8.77. The van der Waals surface area contributed by atoms with Gasteiger partial charge in [0.25, 0.3) is 0 Å². The van der Waals surface area contributed by atoms with E-state index in [0.29, 0.717) is 13.0 Å². The Morgan fingerprint density at radius 2 is 1.67 bits per heavy atom. The van der Waals surface area contributed by atoms with Crippen molar-refractivity contribution in [3.05, 3.63) is 0 Å². The fourth-order valence-corrected chi connectivity index (χ4v) is 1.97. The minimum atomic E-state index is -0.807. The molecule has 0 spiro atoms. The lowest BCUT2D eigenvalue weighted by atomic mass is 10.2. The monoisotopic (exact) mass is 258 g/mol. The first-order valence-electron chi connectivity index (χ1n) is 6.77. The Morgan fingerprint density at radius 1 is 1.06 bits per heavy atom. The molecule has 1 amide bonds. The molecule has 0 radical (unpaired) electrons. The number of nitrogens with zero attached hydrogens (tertiary/aromatic N) is 2. The molecule has 0 unspecified atom stereocenters. The van der Waals surface area contributed by atoms with E-state index in [4.69, 9.17) is 5.11 Å². The summed E-state index contributed by atoms with van der Waals surface area (Å²) < 4.78 is 0. The van der Waals surface area contributed by atoms with Gasteiger partial charge in [0.2, 0.25) is 5.91 Å². The van der Waals surface area contributed by atoms with Crippen molar-refractivity contribution in [2.75, 3.05) is 32.7 Å². The summed E-state index contributed by atoms with van der Waals surface area (Å²) in [6.07, 6.45) is 2.15. The second-order valence-electron chi connectivity index (χ2n) is 4.34. The minimum absolute atomic E-state index is 0.0628. The number of hydrogen-bond donors (Lipinski definition) is 1.